The van der Waals surface area contributed by atoms with E-state index >= 15 is 0 Å². The smallest absolute Gasteiger partial charge is 0.408 e. The summed E-state index contributed by atoms with van der Waals surface area (Å²) in [5.74, 6) is -0.257. The van der Waals surface area contributed by atoms with Crippen LogP contribution in [0.25, 0.3) is 0 Å². The van der Waals surface area contributed by atoms with Crippen LogP contribution in [0.4, 0.5) is 4.79 Å². The summed E-state index contributed by atoms with van der Waals surface area (Å²) >= 11 is 0. The van der Waals surface area contributed by atoms with Crippen LogP contribution in [0.2, 0.25) is 0 Å². The summed E-state index contributed by atoms with van der Waals surface area (Å²) in [6, 6.07) is 9.51. The van der Waals surface area contributed by atoms with Crippen molar-refractivity contribution < 1.29 is 14.3 Å². The number of carbonyl (C=O) groups excluding carboxylic acids is 2. The van der Waals surface area contributed by atoms with E-state index in [2.05, 4.69) is 10.6 Å². The van der Waals surface area contributed by atoms with Crippen molar-refractivity contribution in [3.8, 4) is 0 Å². The van der Waals surface area contributed by atoms with E-state index in [1.807, 2.05) is 37.3 Å². The molecule has 0 saturated heterocycles. The molecule has 5 nitrogen and oxygen atoms in total. The number of rotatable bonds is 4. The molecule has 0 aliphatic rings. The molecule has 0 heterocycles. The van der Waals surface area contributed by atoms with Gasteiger partial charge in [-0.15, -0.1) is 0 Å². The summed E-state index contributed by atoms with van der Waals surface area (Å²) in [5, 5.41) is 5.23. The maximum absolute atomic E-state index is 11.7. The van der Waals surface area contributed by atoms with Crippen LogP contribution in [0.3, 0.4) is 0 Å². The number of hydrogen-bond acceptors (Lipinski definition) is 3. The van der Waals surface area contributed by atoms with Crippen LogP contribution in [0.1, 0.15) is 39.3 Å². The Kier molecular flexibility index (Phi) is 5.55. The van der Waals surface area contributed by atoms with Crippen molar-refractivity contribution in [2.75, 3.05) is 6.54 Å². The SMILES string of the molecule is CC(NC(=O)CNC(=O)OC(C)(C)C)c1ccccc1. The lowest BCUT2D eigenvalue weighted by Gasteiger charge is -2.20. The first-order chi connectivity index (χ1) is 9.28. The van der Waals surface area contributed by atoms with Crippen LogP contribution in [-0.4, -0.2) is 24.1 Å². The van der Waals surface area contributed by atoms with Crippen LogP contribution in [0, 0.1) is 0 Å². The third-order valence-corrected chi connectivity index (χ3v) is 2.47. The van der Waals surface area contributed by atoms with Crippen molar-refractivity contribution in [2.24, 2.45) is 0 Å². The number of carbonyl (C=O) groups is 2. The third kappa shape index (κ3) is 6.22. The lowest BCUT2D eigenvalue weighted by molar-refractivity contribution is -0.120. The first kappa shape index (κ1) is 16.0. The van der Waals surface area contributed by atoms with Crippen molar-refractivity contribution in [1.29, 1.82) is 0 Å². The van der Waals surface area contributed by atoms with Gasteiger partial charge >= 0.3 is 6.09 Å². The topological polar surface area (TPSA) is 67.4 Å². The second-order valence-corrected chi connectivity index (χ2v) is 5.56. The quantitative estimate of drug-likeness (QED) is 0.888. The Labute approximate surface area is 119 Å². The zero-order valence-corrected chi connectivity index (χ0v) is 12.4. The molecule has 1 unspecified atom stereocenters. The number of alkyl carbamates (subject to hydrolysis) is 1. The van der Waals surface area contributed by atoms with Gasteiger partial charge in [0.25, 0.3) is 0 Å². The zero-order valence-electron chi connectivity index (χ0n) is 12.4. The summed E-state index contributed by atoms with van der Waals surface area (Å²) < 4.78 is 5.05. The van der Waals surface area contributed by atoms with Gasteiger partial charge in [0.1, 0.15) is 12.1 Å². The van der Waals surface area contributed by atoms with Crippen molar-refractivity contribution in [3.05, 3.63) is 35.9 Å². The molecule has 1 aromatic rings. The van der Waals surface area contributed by atoms with Gasteiger partial charge in [-0.05, 0) is 33.3 Å². The lowest BCUT2D eigenvalue weighted by atomic mass is 10.1. The number of amides is 2. The third-order valence-electron chi connectivity index (χ3n) is 2.47. The Bertz CT molecular complexity index is 452. The fourth-order valence-corrected chi connectivity index (χ4v) is 1.58. The van der Waals surface area contributed by atoms with Gasteiger partial charge in [0.05, 0.1) is 6.04 Å². The molecule has 2 amide bonds. The fraction of sp³-hybridized carbons (Fsp3) is 0.467. The summed E-state index contributed by atoms with van der Waals surface area (Å²) in [6.45, 7) is 7.09. The van der Waals surface area contributed by atoms with Crippen molar-refractivity contribution in [1.82, 2.24) is 10.6 Å². The second kappa shape index (κ2) is 6.93. The molecular weight excluding hydrogens is 256 g/mol. The number of ether oxygens (including phenoxy) is 1. The van der Waals surface area contributed by atoms with Crippen molar-refractivity contribution >= 4 is 12.0 Å². The molecule has 0 fully saturated rings. The van der Waals surface area contributed by atoms with Crippen LogP contribution in [0.15, 0.2) is 30.3 Å². The van der Waals surface area contributed by atoms with Gasteiger partial charge in [-0.3, -0.25) is 4.79 Å². The van der Waals surface area contributed by atoms with Gasteiger partial charge in [-0.1, -0.05) is 30.3 Å². The van der Waals surface area contributed by atoms with E-state index in [4.69, 9.17) is 4.74 Å². The average molecular weight is 278 g/mol. The molecule has 0 spiro atoms. The summed E-state index contributed by atoms with van der Waals surface area (Å²) in [4.78, 5) is 23.1. The highest BCUT2D eigenvalue weighted by Crippen LogP contribution is 2.10. The first-order valence-corrected chi connectivity index (χ1v) is 6.59. The Morgan fingerprint density at radius 1 is 1.20 bits per heavy atom. The lowest BCUT2D eigenvalue weighted by Crippen LogP contribution is -2.40. The van der Waals surface area contributed by atoms with E-state index < -0.39 is 11.7 Å². The van der Waals surface area contributed by atoms with Crippen LogP contribution >= 0.6 is 0 Å². The molecule has 1 aromatic carbocycles. The largest absolute Gasteiger partial charge is 0.444 e. The predicted octanol–water partition coefficient (Wildman–Crippen LogP) is 2.39. The molecule has 20 heavy (non-hydrogen) atoms. The molecule has 0 aliphatic carbocycles. The molecule has 2 N–H and O–H groups in total. The first-order valence-electron chi connectivity index (χ1n) is 6.59. The van der Waals surface area contributed by atoms with Crippen molar-refractivity contribution in [2.45, 2.75) is 39.3 Å². The number of hydrogen-bond donors (Lipinski definition) is 2. The normalized spacial score (nSPS) is 12.4. The van der Waals surface area contributed by atoms with E-state index in [1.54, 1.807) is 20.8 Å². The molecule has 0 aliphatic heterocycles. The Balaban J connectivity index is 2.36. The number of nitrogens with one attached hydrogen (secondary N) is 2. The molecule has 0 bridgehead atoms. The van der Waals surface area contributed by atoms with Gasteiger partial charge < -0.3 is 15.4 Å². The molecule has 110 valence electrons. The fourth-order valence-electron chi connectivity index (χ4n) is 1.58. The summed E-state index contributed by atoms with van der Waals surface area (Å²) in [6.07, 6.45) is -0.597. The van der Waals surface area contributed by atoms with Crippen LogP contribution < -0.4 is 10.6 Å². The van der Waals surface area contributed by atoms with Gasteiger partial charge in [0.15, 0.2) is 0 Å². The van der Waals surface area contributed by atoms with Gasteiger partial charge in [0.2, 0.25) is 5.91 Å². The molecule has 1 rings (SSSR count). The predicted molar refractivity (Wildman–Crippen MR) is 77.2 cm³/mol. The number of benzene rings is 1. The highest BCUT2D eigenvalue weighted by Gasteiger charge is 2.17. The molecule has 0 saturated carbocycles. The van der Waals surface area contributed by atoms with E-state index in [9.17, 15) is 9.59 Å². The van der Waals surface area contributed by atoms with E-state index in [1.165, 1.54) is 0 Å². The maximum atomic E-state index is 11.7. The molecule has 0 aromatic heterocycles. The monoisotopic (exact) mass is 278 g/mol. The van der Waals surface area contributed by atoms with Crippen LogP contribution in [-0.2, 0) is 9.53 Å². The van der Waals surface area contributed by atoms with Crippen LogP contribution in [0.5, 0.6) is 0 Å². The highest BCUT2D eigenvalue weighted by molar-refractivity contribution is 5.82. The zero-order chi connectivity index (χ0) is 15.2. The summed E-state index contributed by atoms with van der Waals surface area (Å²) in [7, 11) is 0. The standard InChI is InChI=1S/C15H22N2O3/c1-11(12-8-6-5-7-9-12)17-13(18)10-16-14(19)20-15(2,3)4/h5-9,11H,10H2,1-4H3,(H,16,19)(H,17,18). The van der Waals surface area contributed by atoms with Gasteiger partial charge in [-0.2, -0.15) is 0 Å². The van der Waals surface area contributed by atoms with E-state index in [0.29, 0.717) is 0 Å². The Morgan fingerprint density at radius 3 is 2.35 bits per heavy atom. The van der Waals surface area contributed by atoms with Crippen molar-refractivity contribution in [3.63, 3.8) is 0 Å². The molecular formula is C15H22N2O3. The molecule has 0 radical (unpaired) electrons. The minimum Gasteiger partial charge on any atom is -0.444 e. The minimum absolute atomic E-state index is 0.105. The van der Waals surface area contributed by atoms with Gasteiger partial charge in [-0.25, -0.2) is 4.79 Å². The summed E-state index contributed by atoms with van der Waals surface area (Å²) in [5.41, 5.74) is 0.441. The molecule has 5 heteroatoms. The maximum Gasteiger partial charge on any atom is 0.408 e. The Morgan fingerprint density at radius 2 is 1.80 bits per heavy atom. The Hall–Kier alpha value is -2.04. The minimum atomic E-state index is -0.597. The average Bonchev–Trinajstić information content (AvgIpc) is 2.35. The second-order valence-electron chi connectivity index (χ2n) is 5.56. The van der Waals surface area contributed by atoms with Gasteiger partial charge in [0, 0.05) is 0 Å². The van der Waals surface area contributed by atoms with E-state index in [-0.39, 0.29) is 18.5 Å². The van der Waals surface area contributed by atoms with E-state index in [0.717, 1.165) is 5.56 Å². The highest BCUT2D eigenvalue weighted by atomic mass is 16.6. The molecule has 1 atom stereocenters.